The lowest BCUT2D eigenvalue weighted by Crippen LogP contribution is -2.09. The first-order valence-electron chi connectivity index (χ1n) is 4.59. The molecule has 0 aliphatic heterocycles. The second kappa shape index (κ2) is 5.61. The van der Waals surface area contributed by atoms with E-state index in [-0.39, 0.29) is 28.6 Å². The fourth-order valence-corrected chi connectivity index (χ4v) is 1.61. The Kier molecular flexibility index (Phi) is 4.44. The molecule has 0 saturated carbocycles. The lowest BCUT2D eigenvalue weighted by molar-refractivity contribution is 0.0521. The lowest BCUT2D eigenvalue weighted by atomic mass is 10.1. The van der Waals surface area contributed by atoms with E-state index < -0.39 is 11.8 Å². The highest BCUT2D eigenvalue weighted by atomic mass is 79.9. The molecular weight excluding hydrogens is 277 g/mol. The van der Waals surface area contributed by atoms with Crippen LogP contribution in [-0.4, -0.2) is 12.6 Å². The van der Waals surface area contributed by atoms with Gasteiger partial charge < -0.3 is 4.74 Å². The molecule has 0 bridgehead atoms. The van der Waals surface area contributed by atoms with Gasteiger partial charge in [-0.3, -0.25) is 0 Å². The summed E-state index contributed by atoms with van der Waals surface area (Å²) in [4.78, 5) is 11.4. The summed E-state index contributed by atoms with van der Waals surface area (Å²) in [6.07, 6.45) is 0. The van der Waals surface area contributed by atoms with Crippen molar-refractivity contribution >= 4 is 21.9 Å². The maximum absolute atomic E-state index is 13.7. The first kappa shape index (κ1) is 12.7. The lowest BCUT2D eigenvalue weighted by Gasteiger charge is -2.06. The summed E-state index contributed by atoms with van der Waals surface area (Å²) in [5, 5.41) is 8.98. The average Bonchev–Trinajstić information content (AvgIpc) is 2.29. The molecule has 0 unspecified atom stereocenters. The van der Waals surface area contributed by atoms with Gasteiger partial charge in [0.25, 0.3) is 0 Å². The predicted octanol–water partition coefficient (Wildman–Crippen LogP) is 2.77. The summed E-state index contributed by atoms with van der Waals surface area (Å²) in [7, 11) is 0. The number of rotatable bonds is 3. The number of ether oxygens (including phenoxy) is 1. The van der Waals surface area contributed by atoms with Crippen LogP contribution >= 0.6 is 15.9 Å². The molecule has 0 heterocycles. The first-order valence-corrected chi connectivity index (χ1v) is 5.71. The van der Waals surface area contributed by atoms with Crippen molar-refractivity contribution in [1.29, 1.82) is 5.26 Å². The molecular formula is C11H9BrFNO2. The molecule has 84 valence electrons. The van der Waals surface area contributed by atoms with Crippen molar-refractivity contribution in [2.75, 3.05) is 6.61 Å². The van der Waals surface area contributed by atoms with E-state index in [9.17, 15) is 9.18 Å². The number of nitriles is 1. The van der Waals surface area contributed by atoms with Gasteiger partial charge in [-0.05, 0) is 19.1 Å². The second-order valence-electron chi connectivity index (χ2n) is 2.96. The SMILES string of the molecule is CCOC(=O)c1cc(C#N)cc(CBr)c1F. The number of nitrogens with zero attached hydrogens (tertiary/aromatic N) is 1. The third-order valence-corrected chi connectivity index (χ3v) is 2.52. The van der Waals surface area contributed by atoms with Gasteiger partial charge in [0, 0.05) is 10.9 Å². The fraction of sp³-hybridized carbons (Fsp3) is 0.273. The standard InChI is InChI=1S/C11H9BrFNO2/c1-2-16-11(15)9-4-7(6-14)3-8(5-12)10(9)13/h3-4H,2,5H2,1H3. The van der Waals surface area contributed by atoms with Crippen LogP contribution in [-0.2, 0) is 10.1 Å². The molecule has 5 heteroatoms. The van der Waals surface area contributed by atoms with E-state index in [1.165, 1.54) is 12.1 Å². The van der Waals surface area contributed by atoms with Crippen molar-refractivity contribution in [2.24, 2.45) is 0 Å². The smallest absolute Gasteiger partial charge is 0.341 e. The highest BCUT2D eigenvalue weighted by molar-refractivity contribution is 9.08. The number of alkyl halides is 1. The van der Waals surface area contributed by atoms with Crippen LogP contribution < -0.4 is 0 Å². The van der Waals surface area contributed by atoms with E-state index in [1.807, 2.05) is 6.07 Å². The number of halogens is 2. The topological polar surface area (TPSA) is 50.1 Å². The van der Waals surface area contributed by atoms with Crippen molar-refractivity contribution in [2.45, 2.75) is 12.3 Å². The number of benzene rings is 1. The van der Waals surface area contributed by atoms with Crippen molar-refractivity contribution in [3.05, 3.63) is 34.6 Å². The Labute approximate surface area is 101 Å². The van der Waals surface area contributed by atoms with Crippen LogP contribution in [0.2, 0.25) is 0 Å². The molecule has 0 aliphatic rings. The van der Waals surface area contributed by atoms with E-state index in [1.54, 1.807) is 6.92 Å². The monoisotopic (exact) mass is 285 g/mol. The van der Waals surface area contributed by atoms with E-state index >= 15 is 0 Å². The summed E-state index contributed by atoms with van der Waals surface area (Å²) in [6, 6.07) is 4.46. The zero-order valence-corrected chi connectivity index (χ0v) is 10.2. The number of carbonyl (C=O) groups is 1. The summed E-state index contributed by atoms with van der Waals surface area (Å²) < 4.78 is 18.4. The Balaban J connectivity index is 3.27. The molecule has 0 aliphatic carbocycles. The molecule has 1 aromatic rings. The Morgan fingerprint density at radius 2 is 2.31 bits per heavy atom. The molecule has 3 nitrogen and oxygen atoms in total. The van der Waals surface area contributed by atoms with Gasteiger partial charge in [0.1, 0.15) is 5.82 Å². The largest absolute Gasteiger partial charge is 0.462 e. The van der Waals surface area contributed by atoms with E-state index in [0.717, 1.165) is 0 Å². The first-order chi connectivity index (χ1) is 7.63. The second-order valence-corrected chi connectivity index (χ2v) is 3.52. The zero-order chi connectivity index (χ0) is 12.1. The Morgan fingerprint density at radius 1 is 1.62 bits per heavy atom. The molecule has 0 saturated heterocycles. The van der Waals surface area contributed by atoms with Crippen LogP contribution in [0, 0.1) is 17.1 Å². The van der Waals surface area contributed by atoms with Crippen LogP contribution in [0.1, 0.15) is 28.4 Å². The van der Waals surface area contributed by atoms with Crippen LogP contribution in [0.15, 0.2) is 12.1 Å². The van der Waals surface area contributed by atoms with Gasteiger partial charge in [0.2, 0.25) is 0 Å². The van der Waals surface area contributed by atoms with Crippen LogP contribution in [0.5, 0.6) is 0 Å². The van der Waals surface area contributed by atoms with Crippen molar-refractivity contribution in [3.8, 4) is 6.07 Å². The van der Waals surface area contributed by atoms with Crippen molar-refractivity contribution in [1.82, 2.24) is 0 Å². The molecule has 0 atom stereocenters. The van der Waals surface area contributed by atoms with Gasteiger partial charge in [0.15, 0.2) is 0 Å². The summed E-state index contributed by atoms with van der Waals surface area (Å²) in [5.74, 6) is -1.39. The van der Waals surface area contributed by atoms with Crippen molar-refractivity contribution in [3.63, 3.8) is 0 Å². The summed E-state index contributed by atoms with van der Waals surface area (Å²) in [5.41, 5.74) is 0.302. The van der Waals surface area contributed by atoms with Crippen molar-refractivity contribution < 1.29 is 13.9 Å². The van der Waals surface area contributed by atoms with Gasteiger partial charge >= 0.3 is 5.97 Å². The van der Waals surface area contributed by atoms with E-state index in [0.29, 0.717) is 0 Å². The minimum Gasteiger partial charge on any atom is -0.462 e. The quantitative estimate of drug-likeness (QED) is 0.634. The van der Waals surface area contributed by atoms with E-state index in [4.69, 9.17) is 10.00 Å². The number of hydrogen-bond donors (Lipinski definition) is 0. The molecule has 16 heavy (non-hydrogen) atoms. The normalized spacial score (nSPS) is 9.62. The Morgan fingerprint density at radius 3 is 2.81 bits per heavy atom. The third kappa shape index (κ3) is 2.58. The predicted molar refractivity (Wildman–Crippen MR) is 59.7 cm³/mol. The van der Waals surface area contributed by atoms with Crippen LogP contribution in [0.4, 0.5) is 4.39 Å². The molecule has 1 aromatic carbocycles. The number of hydrogen-bond acceptors (Lipinski definition) is 3. The van der Waals surface area contributed by atoms with Gasteiger partial charge in [0.05, 0.1) is 23.8 Å². The number of carbonyl (C=O) groups excluding carboxylic acids is 1. The number of esters is 1. The molecule has 0 fully saturated rings. The minimum atomic E-state index is -0.751. The zero-order valence-electron chi connectivity index (χ0n) is 8.59. The fourth-order valence-electron chi connectivity index (χ4n) is 1.20. The molecule has 0 radical (unpaired) electrons. The summed E-state index contributed by atoms with van der Waals surface area (Å²) >= 11 is 3.09. The van der Waals surface area contributed by atoms with Gasteiger partial charge in [-0.2, -0.15) is 5.26 Å². The Hall–Kier alpha value is -1.41. The maximum atomic E-state index is 13.7. The van der Waals surface area contributed by atoms with Crippen LogP contribution in [0.25, 0.3) is 0 Å². The minimum absolute atomic E-state index is 0.165. The average molecular weight is 286 g/mol. The van der Waals surface area contributed by atoms with Gasteiger partial charge in [-0.25, -0.2) is 9.18 Å². The highest BCUT2D eigenvalue weighted by Gasteiger charge is 2.17. The molecule has 0 aromatic heterocycles. The third-order valence-electron chi connectivity index (χ3n) is 1.92. The highest BCUT2D eigenvalue weighted by Crippen LogP contribution is 2.19. The van der Waals surface area contributed by atoms with E-state index in [2.05, 4.69) is 15.9 Å². The molecule has 0 spiro atoms. The molecule has 0 amide bonds. The van der Waals surface area contributed by atoms with Gasteiger partial charge in [-0.1, -0.05) is 15.9 Å². The maximum Gasteiger partial charge on any atom is 0.341 e. The molecule has 0 N–H and O–H groups in total. The van der Waals surface area contributed by atoms with Crippen LogP contribution in [0.3, 0.4) is 0 Å². The van der Waals surface area contributed by atoms with Gasteiger partial charge in [-0.15, -0.1) is 0 Å². The summed E-state index contributed by atoms with van der Waals surface area (Å²) in [6.45, 7) is 1.80. The molecule has 1 rings (SSSR count). The Bertz CT molecular complexity index is 454.